The molecular formula is C120H168O6. The normalized spacial score (nSPS) is 27.5. The van der Waals surface area contributed by atoms with E-state index in [0.717, 1.165) is 154 Å². The van der Waals surface area contributed by atoms with Gasteiger partial charge < -0.3 is 0 Å². The lowest BCUT2D eigenvalue weighted by molar-refractivity contribution is -0.178. The van der Waals surface area contributed by atoms with Gasteiger partial charge in [0.15, 0.2) is 34.7 Å². The van der Waals surface area contributed by atoms with Gasteiger partial charge >= 0.3 is 0 Å². The van der Waals surface area contributed by atoms with E-state index in [9.17, 15) is 28.8 Å². The van der Waals surface area contributed by atoms with Gasteiger partial charge in [0.05, 0.1) is 32.5 Å². The Kier molecular flexibility index (Phi) is 36.5. The molecule has 9 aliphatic rings. The number of hydrogen-bond donors (Lipinski definition) is 0. The van der Waals surface area contributed by atoms with E-state index in [-0.39, 0.29) is 0 Å². The van der Waals surface area contributed by atoms with E-state index in [4.69, 9.17) is 0 Å². The van der Waals surface area contributed by atoms with Crippen molar-refractivity contribution in [2.75, 3.05) is 0 Å². The number of benzene rings is 6. The molecule has 6 spiro atoms. The van der Waals surface area contributed by atoms with Crippen LogP contribution in [0.2, 0.25) is 0 Å². The number of aryl methyl sites for hydroxylation is 6. The summed E-state index contributed by atoms with van der Waals surface area (Å²) in [6, 6.07) is 55.6. The van der Waals surface area contributed by atoms with E-state index in [1.54, 1.807) is 0 Å². The molecule has 0 N–H and O–H groups in total. The lowest BCUT2D eigenvalue weighted by atomic mass is 9.42. The second-order valence-corrected chi connectivity index (χ2v) is 42.5. The highest BCUT2D eigenvalue weighted by Crippen LogP contribution is 2.66. The third-order valence-corrected chi connectivity index (χ3v) is 34.4. The molecule has 126 heavy (non-hydrogen) atoms. The maximum absolute atomic E-state index is 13.8. The van der Waals surface area contributed by atoms with Gasteiger partial charge in [0, 0.05) is 0 Å². The van der Waals surface area contributed by atoms with Gasteiger partial charge in [0.1, 0.15) is 0 Å². The van der Waals surface area contributed by atoms with Crippen molar-refractivity contribution in [3.63, 3.8) is 0 Å². The zero-order valence-corrected chi connectivity index (χ0v) is 80.2. The Morgan fingerprint density at radius 2 is 0.278 bits per heavy atom. The van der Waals surface area contributed by atoms with Crippen LogP contribution in [-0.4, -0.2) is 34.7 Å². The molecule has 6 heteroatoms. The topological polar surface area (TPSA) is 102 Å². The van der Waals surface area contributed by atoms with Crippen LogP contribution in [0.5, 0.6) is 0 Å². The van der Waals surface area contributed by atoms with Crippen LogP contribution in [0.15, 0.2) is 146 Å². The fourth-order valence-corrected chi connectivity index (χ4v) is 25.9. The first kappa shape index (κ1) is 96.9. The maximum Gasteiger partial charge on any atom is 0.159 e. The largest absolute Gasteiger partial charge is 0.297 e. The smallest absolute Gasteiger partial charge is 0.159 e. The van der Waals surface area contributed by atoms with Gasteiger partial charge in [0.2, 0.25) is 0 Å². The maximum atomic E-state index is 13.8. The fraction of sp³-hybridized carbons (Fsp3) is 0.650. The van der Waals surface area contributed by atoms with Crippen LogP contribution in [0.3, 0.4) is 0 Å². The number of carbonyl (C=O) groups excluding carboxylic acids is 6. The van der Waals surface area contributed by atoms with Crippen molar-refractivity contribution in [1.82, 2.24) is 0 Å². The summed E-state index contributed by atoms with van der Waals surface area (Å²) in [6.45, 7) is 13.6. The standard InChI is InChI=1S/C42H60O2.C40H56O2.C38H52O2/c1-3-5-7-9-11-13-15-33-17-21-35(22-18-33)37-25-29-41(30-26-37)39(43)42(40(41)44)31-27-38(28-32-42)36-23-19-34(20-24-36)16-14-12-10-8-6-4-2;1-3-5-7-9-11-13-31-15-19-33(20-16-31)35-23-27-39(28-24-35)37(41)40(38(39)42)29-25-36(26-30-40)34-21-17-32(18-22-34)14-12-10-8-6-4-2;1-3-5-7-9-11-29-13-17-31(18-14-29)33-21-25-37(26-22-33)35(39)38(36(37)40)27-23-34(24-28-38)32-19-15-30(16-20-32)12-10-8-6-4-2/h17-24,37-38H,3-16,25-32H2,1-2H3;15-22,35-36H,3-14,23-30H2,1-2H3;13-20,33-34H,3-12,21-28H2,1-2H3. The molecule has 9 saturated carbocycles. The first-order chi connectivity index (χ1) is 61.6. The summed E-state index contributed by atoms with van der Waals surface area (Å²) in [6.07, 6.45) is 67.5. The molecule has 0 bridgehead atoms. The first-order valence-electron chi connectivity index (χ1n) is 53.4. The summed E-state index contributed by atoms with van der Waals surface area (Å²) in [5.74, 6) is 4.81. The zero-order valence-electron chi connectivity index (χ0n) is 80.2. The van der Waals surface area contributed by atoms with E-state index in [2.05, 4.69) is 187 Å². The number of rotatable bonds is 42. The van der Waals surface area contributed by atoms with E-state index in [0.29, 0.717) is 70.2 Å². The second-order valence-electron chi connectivity index (χ2n) is 42.5. The van der Waals surface area contributed by atoms with Crippen molar-refractivity contribution < 1.29 is 28.8 Å². The quantitative estimate of drug-likeness (QED) is 0.0279. The molecule has 15 rings (SSSR count). The molecule has 0 heterocycles. The Morgan fingerprint density at radius 3 is 0.405 bits per heavy atom. The third-order valence-electron chi connectivity index (χ3n) is 34.4. The zero-order chi connectivity index (χ0) is 88.3. The van der Waals surface area contributed by atoms with Gasteiger partial charge in [-0.05, 0) is 333 Å². The Hall–Kier alpha value is -6.66. The molecular weight excluding hydrogens is 1540 g/mol. The van der Waals surface area contributed by atoms with Gasteiger partial charge in [-0.25, -0.2) is 0 Å². The van der Waals surface area contributed by atoms with Crippen LogP contribution in [0.4, 0.5) is 0 Å². The second kappa shape index (κ2) is 47.4. The monoisotopic (exact) mass is 1710 g/mol. The Balaban J connectivity index is 0.000000162. The van der Waals surface area contributed by atoms with Gasteiger partial charge in [-0.15, -0.1) is 0 Å². The van der Waals surface area contributed by atoms with Crippen LogP contribution in [0.1, 0.15) is 491 Å². The highest BCUT2D eigenvalue weighted by atomic mass is 16.2. The Morgan fingerprint density at radius 1 is 0.167 bits per heavy atom. The Bertz CT molecular complexity index is 3980. The van der Waals surface area contributed by atoms with Gasteiger partial charge in [-0.3, -0.25) is 28.8 Å². The molecule has 9 aliphatic carbocycles. The molecule has 0 aliphatic heterocycles. The number of hydrogen-bond acceptors (Lipinski definition) is 6. The number of unbranched alkanes of at least 4 members (excludes halogenated alkanes) is 24. The molecule has 0 radical (unpaired) electrons. The average molecular weight is 1710 g/mol. The molecule has 0 amide bonds. The van der Waals surface area contributed by atoms with Crippen molar-refractivity contribution in [3.8, 4) is 0 Å². The van der Waals surface area contributed by atoms with E-state index in [1.807, 2.05) is 0 Å². The number of carbonyl (C=O) groups is 6. The minimum atomic E-state index is -0.654. The lowest BCUT2D eigenvalue weighted by Crippen LogP contribution is -2.68. The van der Waals surface area contributed by atoms with Crippen LogP contribution in [-0.2, 0) is 67.3 Å². The molecule has 0 atom stereocenters. The summed E-state index contributed by atoms with van der Waals surface area (Å²) < 4.78 is 0. The van der Waals surface area contributed by atoms with Crippen molar-refractivity contribution in [3.05, 3.63) is 212 Å². The summed E-state index contributed by atoms with van der Waals surface area (Å²) in [5, 5.41) is 0. The van der Waals surface area contributed by atoms with E-state index >= 15 is 0 Å². The molecule has 684 valence electrons. The molecule has 6 aromatic carbocycles. The summed E-state index contributed by atoms with van der Waals surface area (Å²) >= 11 is 0. The highest BCUT2D eigenvalue weighted by Gasteiger charge is 2.73. The predicted octanol–water partition coefficient (Wildman–Crippen LogP) is 32.6. The number of Topliss-reactive ketones (excluding diaryl/α,β-unsaturated/α-hetero) is 6. The van der Waals surface area contributed by atoms with Gasteiger partial charge in [-0.1, -0.05) is 341 Å². The molecule has 9 fully saturated rings. The van der Waals surface area contributed by atoms with E-state index in [1.165, 1.54) is 298 Å². The van der Waals surface area contributed by atoms with Crippen LogP contribution in [0.25, 0.3) is 0 Å². The van der Waals surface area contributed by atoms with Gasteiger partial charge in [0.25, 0.3) is 0 Å². The van der Waals surface area contributed by atoms with Crippen LogP contribution in [0, 0.1) is 32.5 Å². The van der Waals surface area contributed by atoms with Crippen LogP contribution < -0.4 is 0 Å². The Labute approximate surface area is 765 Å². The van der Waals surface area contributed by atoms with Gasteiger partial charge in [-0.2, -0.15) is 0 Å². The summed E-state index contributed by atoms with van der Waals surface area (Å²) in [4.78, 5) is 82.9. The predicted molar refractivity (Wildman–Crippen MR) is 525 cm³/mol. The fourth-order valence-electron chi connectivity index (χ4n) is 25.9. The third kappa shape index (κ3) is 22.9. The highest BCUT2D eigenvalue weighted by molar-refractivity contribution is 6.32. The summed E-state index contributed by atoms with van der Waals surface area (Å²) in [7, 11) is 0. The average Bonchev–Trinajstić information content (AvgIpc) is 0.697. The molecule has 0 unspecified atom stereocenters. The molecule has 0 saturated heterocycles. The molecule has 0 aromatic heterocycles. The SMILES string of the molecule is CCCCCCCCc1ccc(C2CCC3(CC2)C(=O)C2(CCC(c4ccc(CCCCCCCC)cc4)CC2)C3=O)cc1.CCCCCCCc1ccc(C2CCC3(CC2)C(=O)C2(CCC(c4ccc(CCCCCCC)cc4)CC2)C3=O)cc1.CCCCCCc1ccc(C2CCC3(CC2)C(=O)C2(CCC(c4ccc(CCCCCC)cc4)CC2)C3=O)cc1. The van der Waals surface area contributed by atoms with Crippen molar-refractivity contribution in [2.45, 2.75) is 462 Å². The summed E-state index contributed by atoms with van der Waals surface area (Å²) in [5.41, 5.74) is 13.1. The molecule has 6 nitrogen and oxygen atoms in total. The van der Waals surface area contributed by atoms with E-state index < -0.39 is 32.5 Å². The lowest BCUT2D eigenvalue weighted by Gasteiger charge is -2.57. The minimum Gasteiger partial charge on any atom is -0.297 e. The first-order valence-corrected chi connectivity index (χ1v) is 53.4. The van der Waals surface area contributed by atoms with Crippen LogP contribution >= 0.6 is 0 Å². The number of ketones is 6. The minimum absolute atomic E-state index is 0.312. The van der Waals surface area contributed by atoms with Crippen molar-refractivity contribution >= 4 is 34.7 Å². The van der Waals surface area contributed by atoms with Crippen molar-refractivity contribution in [2.24, 2.45) is 32.5 Å². The van der Waals surface area contributed by atoms with Crippen molar-refractivity contribution in [1.29, 1.82) is 0 Å². The molecule has 6 aromatic rings.